The van der Waals surface area contributed by atoms with Crippen LogP contribution >= 0.6 is 0 Å². The van der Waals surface area contributed by atoms with Gasteiger partial charge in [0.15, 0.2) is 0 Å². The fourth-order valence-electron chi connectivity index (χ4n) is 2.66. The maximum Gasteiger partial charge on any atom is 0.339 e. The molecule has 2 N–H and O–H groups in total. The van der Waals surface area contributed by atoms with Crippen LogP contribution in [0.1, 0.15) is 38.2 Å². The second-order valence-electron chi connectivity index (χ2n) is 4.72. The number of carbonyl (C=O) groups excluding carboxylic acids is 1. The molecule has 0 bridgehead atoms. The van der Waals surface area contributed by atoms with E-state index in [0.29, 0.717) is 6.61 Å². The lowest BCUT2D eigenvalue weighted by atomic mass is 9.82. The van der Waals surface area contributed by atoms with E-state index in [1.807, 2.05) is 30.3 Å². The largest absolute Gasteiger partial charge is 0.350 e. The maximum absolute atomic E-state index is 11.6. The molecule has 1 aromatic rings. The zero-order valence-electron chi connectivity index (χ0n) is 10.8. The Balaban J connectivity index is 2.37. The number of carbonyl (C=O) groups is 1. The van der Waals surface area contributed by atoms with Gasteiger partial charge in [0.05, 0.1) is 12.1 Å². The van der Waals surface area contributed by atoms with Crippen molar-refractivity contribution < 1.29 is 9.63 Å². The summed E-state index contributed by atoms with van der Waals surface area (Å²) in [6.45, 7) is 2.69. The molecular weight excluding hydrogens is 228 g/mol. The van der Waals surface area contributed by atoms with Gasteiger partial charge in [-0.2, -0.15) is 5.06 Å². The highest BCUT2D eigenvalue weighted by atomic mass is 16.7. The predicted octanol–water partition coefficient (Wildman–Crippen LogP) is 2.79. The van der Waals surface area contributed by atoms with E-state index in [9.17, 15) is 4.79 Å². The molecule has 1 fully saturated rings. The summed E-state index contributed by atoms with van der Waals surface area (Å²) in [5.74, 6) is 0. The molecule has 2 rings (SSSR count). The number of benzene rings is 1. The lowest BCUT2D eigenvalue weighted by molar-refractivity contribution is -0.121. The topological polar surface area (TPSA) is 55.6 Å². The lowest BCUT2D eigenvalue weighted by Crippen LogP contribution is -2.46. The van der Waals surface area contributed by atoms with Gasteiger partial charge in [0, 0.05) is 6.42 Å². The fourth-order valence-corrected chi connectivity index (χ4v) is 2.66. The first kappa shape index (κ1) is 12.9. The van der Waals surface area contributed by atoms with E-state index in [1.165, 1.54) is 5.06 Å². The second-order valence-corrected chi connectivity index (χ2v) is 4.72. The average molecular weight is 248 g/mol. The number of nitrogens with zero attached hydrogens (tertiary/aromatic N) is 1. The lowest BCUT2D eigenvalue weighted by Gasteiger charge is -2.35. The van der Waals surface area contributed by atoms with Gasteiger partial charge < -0.3 is 5.73 Å². The van der Waals surface area contributed by atoms with Gasteiger partial charge in [0.2, 0.25) is 0 Å². The summed E-state index contributed by atoms with van der Waals surface area (Å²) >= 11 is 0. The summed E-state index contributed by atoms with van der Waals surface area (Å²) in [6, 6.07) is 9.52. The molecule has 0 spiro atoms. The van der Waals surface area contributed by atoms with Crippen molar-refractivity contribution in [1.82, 2.24) is 5.06 Å². The number of hydrogen-bond acceptors (Lipinski definition) is 2. The van der Waals surface area contributed by atoms with Crippen LogP contribution in [0.15, 0.2) is 30.3 Å². The molecule has 1 aliphatic heterocycles. The third-order valence-corrected chi connectivity index (χ3v) is 3.58. The normalized spacial score (nSPS) is 23.3. The van der Waals surface area contributed by atoms with Crippen LogP contribution in [0.3, 0.4) is 0 Å². The summed E-state index contributed by atoms with van der Waals surface area (Å²) in [5, 5.41) is 1.37. The summed E-state index contributed by atoms with van der Waals surface area (Å²) in [7, 11) is 0. The van der Waals surface area contributed by atoms with Gasteiger partial charge in [-0.05, 0) is 12.0 Å². The highest BCUT2D eigenvalue weighted by molar-refractivity contribution is 5.72. The highest BCUT2D eigenvalue weighted by Gasteiger charge is 2.45. The third kappa shape index (κ3) is 2.20. The fraction of sp³-hybridized carbons (Fsp3) is 0.500. The molecule has 1 heterocycles. The van der Waals surface area contributed by atoms with E-state index in [1.54, 1.807) is 0 Å². The van der Waals surface area contributed by atoms with Crippen LogP contribution in [-0.2, 0) is 10.4 Å². The number of rotatable bonds is 4. The summed E-state index contributed by atoms with van der Waals surface area (Å²) in [4.78, 5) is 17.0. The molecule has 2 amide bonds. The Hall–Kier alpha value is -1.55. The van der Waals surface area contributed by atoms with Crippen LogP contribution in [-0.4, -0.2) is 17.7 Å². The Bertz CT molecular complexity index is 408. The molecule has 4 nitrogen and oxygen atoms in total. The third-order valence-electron chi connectivity index (χ3n) is 3.58. The van der Waals surface area contributed by atoms with Crippen molar-refractivity contribution in [2.75, 3.05) is 6.61 Å². The summed E-state index contributed by atoms with van der Waals surface area (Å²) in [6.07, 6.45) is 3.82. The molecular formula is C14H20N2O2. The van der Waals surface area contributed by atoms with E-state index >= 15 is 0 Å². The van der Waals surface area contributed by atoms with E-state index in [2.05, 4.69) is 6.92 Å². The molecule has 1 saturated heterocycles. The molecule has 1 aromatic carbocycles. The Morgan fingerprint density at radius 3 is 2.78 bits per heavy atom. The van der Waals surface area contributed by atoms with E-state index in [0.717, 1.165) is 31.2 Å². The van der Waals surface area contributed by atoms with Gasteiger partial charge in [-0.25, -0.2) is 4.79 Å². The van der Waals surface area contributed by atoms with Crippen LogP contribution in [0.25, 0.3) is 0 Å². The zero-order chi connectivity index (χ0) is 13.0. The Morgan fingerprint density at radius 1 is 1.44 bits per heavy atom. The molecule has 1 atom stereocenters. The predicted molar refractivity (Wildman–Crippen MR) is 69.6 cm³/mol. The van der Waals surface area contributed by atoms with Crippen molar-refractivity contribution in [3.63, 3.8) is 0 Å². The summed E-state index contributed by atoms with van der Waals surface area (Å²) in [5.41, 5.74) is 6.16. The SMILES string of the molecule is CCCCC1(c2ccccc2)CCON1C(N)=O. The maximum atomic E-state index is 11.6. The van der Waals surface area contributed by atoms with Gasteiger partial charge in [0.1, 0.15) is 0 Å². The molecule has 0 aromatic heterocycles. The Morgan fingerprint density at radius 2 is 2.17 bits per heavy atom. The Labute approximate surface area is 108 Å². The van der Waals surface area contributed by atoms with Crippen LogP contribution in [0, 0.1) is 0 Å². The van der Waals surface area contributed by atoms with Crippen molar-refractivity contribution in [3.8, 4) is 0 Å². The monoisotopic (exact) mass is 248 g/mol. The number of nitrogens with two attached hydrogens (primary N) is 1. The number of hydroxylamine groups is 2. The minimum absolute atomic E-state index is 0.386. The molecule has 0 radical (unpaired) electrons. The quantitative estimate of drug-likeness (QED) is 0.890. The number of unbranched alkanes of at least 4 members (excludes halogenated alkanes) is 1. The molecule has 1 unspecified atom stereocenters. The minimum Gasteiger partial charge on any atom is -0.350 e. The smallest absolute Gasteiger partial charge is 0.339 e. The van der Waals surface area contributed by atoms with Gasteiger partial charge >= 0.3 is 6.03 Å². The molecule has 0 aliphatic carbocycles. The molecule has 18 heavy (non-hydrogen) atoms. The molecule has 98 valence electrons. The zero-order valence-corrected chi connectivity index (χ0v) is 10.8. The van der Waals surface area contributed by atoms with E-state index in [4.69, 9.17) is 10.6 Å². The number of urea groups is 1. The van der Waals surface area contributed by atoms with Crippen molar-refractivity contribution in [3.05, 3.63) is 35.9 Å². The molecule has 4 heteroatoms. The molecule has 1 aliphatic rings. The van der Waals surface area contributed by atoms with Gasteiger partial charge in [-0.1, -0.05) is 50.1 Å². The van der Waals surface area contributed by atoms with Crippen molar-refractivity contribution in [2.24, 2.45) is 5.73 Å². The standard InChI is InChI=1S/C14H20N2O2/c1-2-3-9-14(12-7-5-4-6-8-12)10-11-18-16(14)13(15)17/h4-8H,2-3,9-11H2,1H3,(H2,15,17). The van der Waals surface area contributed by atoms with Crippen LogP contribution in [0.4, 0.5) is 4.79 Å². The first-order chi connectivity index (χ1) is 8.70. The highest BCUT2D eigenvalue weighted by Crippen LogP contribution is 2.41. The summed E-state index contributed by atoms with van der Waals surface area (Å²) < 4.78 is 0. The van der Waals surface area contributed by atoms with E-state index < -0.39 is 6.03 Å². The Kier molecular flexibility index (Phi) is 3.87. The van der Waals surface area contributed by atoms with Gasteiger partial charge in [0.25, 0.3) is 0 Å². The molecule has 0 saturated carbocycles. The van der Waals surface area contributed by atoms with Crippen molar-refractivity contribution >= 4 is 6.03 Å². The second kappa shape index (κ2) is 5.40. The van der Waals surface area contributed by atoms with Crippen LogP contribution < -0.4 is 5.73 Å². The van der Waals surface area contributed by atoms with Crippen LogP contribution in [0.2, 0.25) is 0 Å². The van der Waals surface area contributed by atoms with Crippen molar-refractivity contribution in [1.29, 1.82) is 0 Å². The van der Waals surface area contributed by atoms with Crippen molar-refractivity contribution in [2.45, 2.75) is 38.1 Å². The van der Waals surface area contributed by atoms with Gasteiger partial charge in [-0.15, -0.1) is 0 Å². The average Bonchev–Trinajstić information content (AvgIpc) is 2.82. The number of amides is 2. The minimum atomic E-state index is -0.507. The van der Waals surface area contributed by atoms with E-state index in [-0.39, 0.29) is 5.54 Å². The van der Waals surface area contributed by atoms with Crippen LogP contribution in [0.5, 0.6) is 0 Å². The number of primary amides is 1. The number of hydrogen-bond donors (Lipinski definition) is 1. The first-order valence-corrected chi connectivity index (χ1v) is 6.49. The van der Waals surface area contributed by atoms with Gasteiger partial charge in [-0.3, -0.25) is 4.84 Å². The first-order valence-electron chi connectivity index (χ1n) is 6.49.